The summed E-state index contributed by atoms with van der Waals surface area (Å²) in [6.07, 6.45) is -3.86. The molecule has 2 rings (SSSR count). The van der Waals surface area contributed by atoms with Crippen LogP contribution >= 0.6 is 11.8 Å². The third kappa shape index (κ3) is 4.59. The van der Waals surface area contributed by atoms with E-state index in [0.29, 0.717) is 29.1 Å². The van der Waals surface area contributed by atoms with E-state index in [1.807, 2.05) is 0 Å². The fourth-order valence-corrected chi connectivity index (χ4v) is 2.79. The van der Waals surface area contributed by atoms with Crippen LogP contribution < -0.4 is 10.6 Å². The molecule has 0 radical (unpaired) electrons. The van der Waals surface area contributed by atoms with Crippen LogP contribution in [0.5, 0.6) is 0 Å². The third-order valence-electron chi connectivity index (χ3n) is 3.10. The molecule has 2 heterocycles. The van der Waals surface area contributed by atoms with Gasteiger partial charge in [0.05, 0.1) is 16.9 Å². The Bertz CT molecular complexity index is 782. The number of pyridine rings is 1. The predicted octanol–water partition coefficient (Wildman–Crippen LogP) is 3.60. The standard InChI is InChI=1S/C15H16F3N5OS/c1-4-25-11-6-9(15(16,17)18)7-20-12(11)14(24)21-10-5-8(2)22-23-13(10)19-3/h5-7H,4H2,1-3H3,(H,19,23)(H,21,22,24). The Morgan fingerprint density at radius 3 is 2.60 bits per heavy atom. The molecular formula is C15H16F3N5OS. The topological polar surface area (TPSA) is 79.8 Å². The minimum Gasteiger partial charge on any atom is -0.370 e. The van der Waals surface area contributed by atoms with E-state index in [1.165, 1.54) is 0 Å². The van der Waals surface area contributed by atoms with E-state index in [9.17, 15) is 18.0 Å². The number of hydrogen-bond donors (Lipinski definition) is 2. The van der Waals surface area contributed by atoms with Crippen LogP contribution in [0.15, 0.2) is 23.2 Å². The molecule has 6 nitrogen and oxygen atoms in total. The Morgan fingerprint density at radius 2 is 2.00 bits per heavy atom. The zero-order valence-corrected chi connectivity index (χ0v) is 14.5. The number of nitrogens with zero attached hydrogens (tertiary/aromatic N) is 3. The summed E-state index contributed by atoms with van der Waals surface area (Å²) in [5.41, 5.74) is -0.0133. The van der Waals surface area contributed by atoms with E-state index in [2.05, 4.69) is 25.8 Å². The highest BCUT2D eigenvalue weighted by molar-refractivity contribution is 7.99. The Labute approximate surface area is 146 Å². The van der Waals surface area contributed by atoms with Crippen LogP contribution in [0.3, 0.4) is 0 Å². The molecule has 0 atom stereocenters. The normalized spacial score (nSPS) is 11.3. The van der Waals surface area contributed by atoms with Crippen LogP contribution in [0.25, 0.3) is 0 Å². The summed E-state index contributed by atoms with van der Waals surface area (Å²) >= 11 is 1.12. The molecule has 25 heavy (non-hydrogen) atoms. The first-order valence-electron chi connectivity index (χ1n) is 7.29. The highest BCUT2D eigenvalue weighted by Crippen LogP contribution is 2.33. The van der Waals surface area contributed by atoms with Gasteiger partial charge in [-0.1, -0.05) is 6.92 Å². The van der Waals surface area contributed by atoms with Crippen molar-refractivity contribution in [1.29, 1.82) is 0 Å². The minimum absolute atomic E-state index is 0.0728. The van der Waals surface area contributed by atoms with E-state index < -0.39 is 17.6 Å². The smallest absolute Gasteiger partial charge is 0.370 e. The maximum Gasteiger partial charge on any atom is 0.417 e. The van der Waals surface area contributed by atoms with E-state index in [1.54, 1.807) is 27.0 Å². The summed E-state index contributed by atoms with van der Waals surface area (Å²) in [5.74, 6) is 0.227. The average Bonchev–Trinajstić information content (AvgIpc) is 2.54. The van der Waals surface area contributed by atoms with Crippen molar-refractivity contribution in [3.8, 4) is 0 Å². The highest BCUT2D eigenvalue weighted by atomic mass is 32.2. The summed E-state index contributed by atoms with van der Waals surface area (Å²) in [6.45, 7) is 3.48. The monoisotopic (exact) mass is 371 g/mol. The van der Waals surface area contributed by atoms with Crippen molar-refractivity contribution in [2.75, 3.05) is 23.4 Å². The number of halogens is 3. The molecule has 0 saturated carbocycles. The van der Waals surface area contributed by atoms with Crippen LogP contribution in [0, 0.1) is 6.92 Å². The first-order valence-corrected chi connectivity index (χ1v) is 8.28. The lowest BCUT2D eigenvalue weighted by Crippen LogP contribution is -2.18. The van der Waals surface area contributed by atoms with Crippen molar-refractivity contribution in [2.24, 2.45) is 0 Å². The van der Waals surface area contributed by atoms with Crippen LogP contribution in [0.2, 0.25) is 0 Å². The van der Waals surface area contributed by atoms with Gasteiger partial charge in [-0.3, -0.25) is 4.79 Å². The first-order chi connectivity index (χ1) is 11.8. The van der Waals surface area contributed by atoms with Gasteiger partial charge in [0.1, 0.15) is 5.69 Å². The van der Waals surface area contributed by atoms with Gasteiger partial charge < -0.3 is 10.6 Å². The number of thioether (sulfide) groups is 1. The third-order valence-corrected chi connectivity index (χ3v) is 4.01. The zero-order chi connectivity index (χ0) is 18.6. The largest absolute Gasteiger partial charge is 0.417 e. The number of rotatable bonds is 5. The molecule has 2 aromatic rings. The van der Waals surface area contributed by atoms with Gasteiger partial charge in [-0.25, -0.2) is 4.98 Å². The summed E-state index contributed by atoms with van der Waals surface area (Å²) < 4.78 is 38.6. The number of carbonyl (C=O) groups is 1. The fourth-order valence-electron chi connectivity index (χ4n) is 1.99. The molecule has 0 unspecified atom stereocenters. The molecule has 0 aromatic carbocycles. The summed E-state index contributed by atoms with van der Waals surface area (Å²) in [6, 6.07) is 2.54. The van der Waals surface area contributed by atoms with Crippen molar-refractivity contribution in [3.05, 3.63) is 35.3 Å². The summed E-state index contributed by atoms with van der Waals surface area (Å²) in [7, 11) is 1.61. The number of nitrogens with one attached hydrogen (secondary N) is 2. The highest BCUT2D eigenvalue weighted by Gasteiger charge is 2.32. The minimum atomic E-state index is -4.52. The molecule has 0 spiro atoms. The van der Waals surface area contributed by atoms with Gasteiger partial charge in [-0.05, 0) is 24.8 Å². The lowest BCUT2D eigenvalue weighted by molar-refractivity contribution is -0.138. The van der Waals surface area contributed by atoms with E-state index in [-0.39, 0.29) is 10.6 Å². The number of alkyl halides is 3. The molecule has 2 aromatic heterocycles. The van der Waals surface area contributed by atoms with Gasteiger partial charge in [-0.15, -0.1) is 16.9 Å². The maximum absolute atomic E-state index is 12.9. The summed E-state index contributed by atoms with van der Waals surface area (Å²) in [5, 5.41) is 13.2. The molecule has 134 valence electrons. The van der Waals surface area contributed by atoms with Crippen molar-refractivity contribution in [3.63, 3.8) is 0 Å². The average molecular weight is 371 g/mol. The number of anilines is 2. The van der Waals surface area contributed by atoms with E-state index >= 15 is 0 Å². The van der Waals surface area contributed by atoms with Gasteiger partial charge >= 0.3 is 6.18 Å². The second-order valence-electron chi connectivity index (χ2n) is 4.95. The zero-order valence-electron chi connectivity index (χ0n) is 13.7. The number of aryl methyl sites for hydroxylation is 1. The Hall–Kier alpha value is -2.36. The van der Waals surface area contributed by atoms with E-state index in [0.717, 1.165) is 17.8 Å². The van der Waals surface area contributed by atoms with Crippen LogP contribution in [0.4, 0.5) is 24.7 Å². The van der Waals surface area contributed by atoms with Gasteiger partial charge in [0, 0.05) is 18.1 Å². The van der Waals surface area contributed by atoms with E-state index in [4.69, 9.17) is 0 Å². The second kappa shape index (κ2) is 7.68. The molecular weight excluding hydrogens is 355 g/mol. The molecule has 0 aliphatic carbocycles. The maximum atomic E-state index is 12.9. The molecule has 0 bridgehead atoms. The van der Waals surface area contributed by atoms with Crippen LogP contribution in [0.1, 0.15) is 28.7 Å². The number of aromatic nitrogens is 3. The molecule has 0 saturated heterocycles. The van der Waals surface area contributed by atoms with Crippen molar-refractivity contribution >= 4 is 29.2 Å². The van der Waals surface area contributed by atoms with Crippen LogP contribution in [-0.2, 0) is 6.18 Å². The Morgan fingerprint density at radius 1 is 1.28 bits per heavy atom. The fraction of sp³-hybridized carbons (Fsp3) is 0.333. The second-order valence-corrected chi connectivity index (χ2v) is 6.26. The van der Waals surface area contributed by atoms with Gasteiger partial charge in [0.2, 0.25) is 0 Å². The van der Waals surface area contributed by atoms with Crippen molar-refractivity contribution in [2.45, 2.75) is 24.9 Å². The SMILES string of the molecule is CCSc1cc(C(F)(F)F)cnc1C(=O)Nc1cc(C)nnc1NC. The number of amides is 1. The van der Waals surface area contributed by atoms with Gasteiger partial charge in [-0.2, -0.15) is 18.3 Å². The molecule has 2 N–H and O–H groups in total. The number of hydrogen-bond acceptors (Lipinski definition) is 6. The predicted molar refractivity (Wildman–Crippen MR) is 89.9 cm³/mol. The lowest BCUT2D eigenvalue weighted by atomic mass is 10.2. The molecule has 10 heteroatoms. The number of carbonyl (C=O) groups excluding carboxylic acids is 1. The Balaban J connectivity index is 2.37. The van der Waals surface area contributed by atoms with Gasteiger partial charge in [0.25, 0.3) is 5.91 Å². The molecule has 1 amide bonds. The Kier molecular flexibility index (Phi) is 5.83. The molecule has 0 aliphatic rings. The quantitative estimate of drug-likeness (QED) is 0.782. The van der Waals surface area contributed by atoms with Gasteiger partial charge in [0.15, 0.2) is 5.82 Å². The van der Waals surface area contributed by atoms with Crippen molar-refractivity contribution < 1.29 is 18.0 Å². The molecule has 0 aliphatic heterocycles. The van der Waals surface area contributed by atoms with Crippen LogP contribution in [-0.4, -0.2) is 33.9 Å². The lowest BCUT2D eigenvalue weighted by Gasteiger charge is -2.13. The first kappa shape index (κ1) is 19.0. The summed E-state index contributed by atoms with van der Waals surface area (Å²) in [4.78, 5) is 16.4. The molecule has 0 fully saturated rings. The van der Waals surface area contributed by atoms with Crippen molar-refractivity contribution in [1.82, 2.24) is 15.2 Å².